The number of hydrogen-bond donors (Lipinski definition) is 1. The number of carbonyl (C=O) groups is 2. The Labute approximate surface area is 139 Å². The number of hydrogen-bond acceptors (Lipinski definition) is 4. The van der Waals surface area contributed by atoms with Crippen molar-refractivity contribution >= 4 is 11.9 Å². The van der Waals surface area contributed by atoms with Gasteiger partial charge in [-0.2, -0.15) is 0 Å². The van der Waals surface area contributed by atoms with Crippen LogP contribution >= 0.6 is 0 Å². The summed E-state index contributed by atoms with van der Waals surface area (Å²) in [7, 11) is 1.45. The molecule has 0 heterocycles. The van der Waals surface area contributed by atoms with Gasteiger partial charge in [0.05, 0.1) is 7.11 Å². The van der Waals surface area contributed by atoms with E-state index in [1.165, 1.54) is 13.2 Å². The Balaban J connectivity index is 1.89. The molecule has 126 valence electrons. The van der Waals surface area contributed by atoms with Crippen LogP contribution in [-0.4, -0.2) is 25.6 Å². The van der Waals surface area contributed by atoms with Gasteiger partial charge in [0.2, 0.25) is 0 Å². The van der Waals surface area contributed by atoms with Crippen molar-refractivity contribution in [1.82, 2.24) is 5.32 Å². The van der Waals surface area contributed by atoms with Gasteiger partial charge in [-0.25, -0.2) is 9.18 Å². The molecule has 0 fully saturated rings. The number of nitrogens with one attached hydrogen (secondary N) is 1. The number of carbonyl (C=O) groups excluding carboxylic acids is 2. The van der Waals surface area contributed by atoms with Gasteiger partial charge in [-0.1, -0.05) is 29.8 Å². The first-order valence-corrected chi connectivity index (χ1v) is 7.33. The van der Waals surface area contributed by atoms with E-state index >= 15 is 0 Å². The van der Waals surface area contributed by atoms with Crippen molar-refractivity contribution in [3.63, 3.8) is 0 Å². The topological polar surface area (TPSA) is 64.6 Å². The van der Waals surface area contributed by atoms with Crippen LogP contribution in [0.15, 0.2) is 42.5 Å². The molecular weight excluding hydrogens is 313 g/mol. The van der Waals surface area contributed by atoms with Gasteiger partial charge in [0.25, 0.3) is 5.91 Å². The zero-order valence-corrected chi connectivity index (χ0v) is 13.5. The summed E-state index contributed by atoms with van der Waals surface area (Å²) in [5.74, 6) is -1.20. The highest BCUT2D eigenvalue weighted by molar-refractivity contribution is 5.94. The lowest BCUT2D eigenvalue weighted by Crippen LogP contribution is -2.28. The van der Waals surface area contributed by atoms with Gasteiger partial charge in [0.15, 0.2) is 6.61 Å². The summed E-state index contributed by atoms with van der Waals surface area (Å²) >= 11 is 0. The largest absolute Gasteiger partial charge is 0.496 e. The van der Waals surface area contributed by atoms with Gasteiger partial charge in [0.1, 0.15) is 17.1 Å². The van der Waals surface area contributed by atoms with E-state index in [4.69, 9.17) is 9.47 Å². The van der Waals surface area contributed by atoms with Crippen LogP contribution in [0, 0.1) is 12.7 Å². The van der Waals surface area contributed by atoms with Crippen molar-refractivity contribution in [2.24, 2.45) is 0 Å². The minimum absolute atomic E-state index is 0.0246. The lowest BCUT2D eigenvalue weighted by molar-refractivity contribution is -0.124. The van der Waals surface area contributed by atoms with Crippen molar-refractivity contribution in [2.75, 3.05) is 13.7 Å². The van der Waals surface area contributed by atoms with Crippen molar-refractivity contribution in [1.29, 1.82) is 0 Å². The zero-order chi connectivity index (χ0) is 17.5. The molecular formula is C18H18FNO4. The normalized spacial score (nSPS) is 10.1. The molecule has 2 aromatic rings. The Hall–Kier alpha value is -2.89. The number of methoxy groups -OCH3 is 1. The molecule has 6 heteroatoms. The molecule has 0 aliphatic heterocycles. The number of esters is 1. The predicted octanol–water partition coefficient (Wildman–Crippen LogP) is 2.62. The molecule has 0 radical (unpaired) electrons. The summed E-state index contributed by atoms with van der Waals surface area (Å²) in [6.07, 6.45) is 0. The van der Waals surface area contributed by atoms with Crippen LogP contribution in [0.5, 0.6) is 5.75 Å². The first-order valence-electron chi connectivity index (χ1n) is 7.33. The zero-order valence-electron chi connectivity index (χ0n) is 13.5. The monoisotopic (exact) mass is 331 g/mol. The highest BCUT2D eigenvalue weighted by Crippen LogP contribution is 2.20. The molecule has 1 amide bonds. The van der Waals surface area contributed by atoms with Crippen LogP contribution in [0.2, 0.25) is 0 Å². The number of halogens is 1. The van der Waals surface area contributed by atoms with Crippen LogP contribution in [0.4, 0.5) is 4.39 Å². The maximum absolute atomic E-state index is 13.4. The predicted molar refractivity (Wildman–Crippen MR) is 86.3 cm³/mol. The molecule has 0 atom stereocenters. The third kappa shape index (κ3) is 4.55. The van der Waals surface area contributed by atoms with Gasteiger partial charge in [-0.15, -0.1) is 0 Å². The second-order valence-electron chi connectivity index (χ2n) is 5.15. The molecule has 5 nitrogen and oxygen atoms in total. The fourth-order valence-corrected chi connectivity index (χ4v) is 2.08. The molecule has 0 aliphatic rings. The summed E-state index contributed by atoms with van der Waals surface area (Å²) in [5, 5.41) is 2.50. The van der Waals surface area contributed by atoms with Crippen molar-refractivity contribution in [2.45, 2.75) is 13.5 Å². The van der Waals surface area contributed by atoms with Gasteiger partial charge >= 0.3 is 5.97 Å². The molecule has 24 heavy (non-hydrogen) atoms. The maximum Gasteiger partial charge on any atom is 0.342 e. The van der Waals surface area contributed by atoms with Gasteiger partial charge in [-0.3, -0.25) is 4.79 Å². The standard InChI is InChI=1S/C18H18FNO4/c1-12-7-8-16(23-2)14(9-12)18(22)24-11-17(21)20-10-13-5-3-4-6-15(13)19/h3-9H,10-11H2,1-2H3,(H,20,21). The van der Waals surface area contributed by atoms with Crippen LogP contribution in [-0.2, 0) is 16.1 Å². The smallest absolute Gasteiger partial charge is 0.342 e. The minimum atomic E-state index is -0.656. The lowest BCUT2D eigenvalue weighted by atomic mass is 10.1. The summed E-state index contributed by atoms with van der Waals surface area (Å²) < 4.78 is 23.5. The Bertz CT molecular complexity index is 746. The quantitative estimate of drug-likeness (QED) is 0.827. The van der Waals surface area contributed by atoms with Crippen LogP contribution in [0.1, 0.15) is 21.5 Å². The van der Waals surface area contributed by atoms with Gasteiger partial charge in [0, 0.05) is 12.1 Å². The van der Waals surface area contributed by atoms with E-state index in [-0.39, 0.29) is 12.1 Å². The average molecular weight is 331 g/mol. The molecule has 0 saturated carbocycles. The summed E-state index contributed by atoms with van der Waals surface area (Å²) in [6.45, 7) is 1.40. The fourth-order valence-electron chi connectivity index (χ4n) is 2.08. The fraction of sp³-hybridized carbons (Fsp3) is 0.222. The van der Waals surface area contributed by atoms with Crippen LogP contribution < -0.4 is 10.1 Å². The molecule has 1 N–H and O–H groups in total. The molecule has 0 spiro atoms. The first kappa shape index (κ1) is 17.5. The van der Waals surface area contributed by atoms with E-state index < -0.39 is 24.3 Å². The molecule has 2 aromatic carbocycles. The van der Waals surface area contributed by atoms with E-state index in [0.717, 1.165) is 5.56 Å². The van der Waals surface area contributed by atoms with E-state index in [1.54, 1.807) is 36.4 Å². The molecule has 0 saturated heterocycles. The molecule has 0 bridgehead atoms. The highest BCUT2D eigenvalue weighted by Gasteiger charge is 2.15. The van der Waals surface area contributed by atoms with E-state index in [2.05, 4.69) is 5.32 Å². The Morgan fingerprint density at radius 1 is 1.17 bits per heavy atom. The van der Waals surface area contributed by atoms with Crippen molar-refractivity contribution in [3.05, 3.63) is 65.0 Å². The number of rotatable bonds is 6. The lowest BCUT2D eigenvalue weighted by Gasteiger charge is -2.10. The number of ether oxygens (including phenoxy) is 2. The Morgan fingerprint density at radius 2 is 1.92 bits per heavy atom. The van der Waals surface area contributed by atoms with Gasteiger partial charge < -0.3 is 14.8 Å². The van der Waals surface area contributed by atoms with Crippen LogP contribution in [0.25, 0.3) is 0 Å². The summed E-state index contributed by atoms with van der Waals surface area (Å²) in [6, 6.07) is 11.2. The summed E-state index contributed by atoms with van der Waals surface area (Å²) in [5.41, 5.74) is 1.48. The first-order chi connectivity index (χ1) is 11.5. The van der Waals surface area contributed by atoms with E-state index in [0.29, 0.717) is 11.3 Å². The number of amides is 1. The molecule has 0 aromatic heterocycles. The SMILES string of the molecule is COc1ccc(C)cc1C(=O)OCC(=O)NCc1ccccc1F. The minimum Gasteiger partial charge on any atom is -0.496 e. The summed E-state index contributed by atoms with van der Waals surface area (Å²) in [4.78, 5) is 23.8. The highest BCUT2D eigenvalue weighted by atomic mass is 19.1. The maximum atomic E-state index is 13.4. The van der Waals surface area contributed by atoms with E-state index in [1.807, 2.05) is 6.92 Å². The molecule has 2 rings (SSSR count). The molecule has 0 unspecified atom stereocenters. The Morgan fingerprint density at radius 3 is 2.62 bits per heavy atom. The van der Waals surface area contributed by atoms with E-state index in [9.17, 15) is 14.0 Å². The average Bonchev–Trinajstić information content (AvgIpc) is 2.59. The second kappa shape index (κ2) is 8.10. The van der Waals surface area contributed by atoms with Crippen molar-refractivity contribution < 1.29 is 23.5 Å². The number of benzene rings is 2. The number of aryl methyl sites for hydroxylation is 1. The van der Waals surface area contributed by atoms with Gasteiger partial charge in [-0.05, 0) is 25.1 Å². The van der Waals surface area contributed by atoms with Crippen molar-refractivity contribution in [3.8, 4) is 5.75 Å². The Kier molecular flexibility index (Phi) is 5.89. The third-order valence-electron chi connectivity index (χ3n) is 3.34. The van der Waals surface area contributed by atoms with Crippen LogP contribution in [0.3, 0.4) is 0 Å². The third-order valence-corrected chi connectivity index (χ3v) is 3.34. The second-order valence-corrected chi connectivity index (χ2v) is 5.15. The molecule has 0 aliphatic carbocycles.